The summed E-state index contributed by atoms with van der Waals surface area (Å²) in [4.78, 5) is 78.8. The smallest absolute Gasteiger partial charge is 0.326 e. The first-order valence-corrected chi connectivity index (χ1v) is 23.6. The zero-order chi connectivity index (χ0) is 47.9. The lowest BCUT2D eigenvalue weighted by Crippen LogP contribution is -2.40. The van der Waals surface area contributed by atoms with E-state index in [2.05, 4.69) is 26.6 Å². The number of unbranched alkanes of at least 4 members (excludes halogenated alkanes) is 14. The van der Waals surface area contributed by atoms with Crippen LogP contribution in [0.4, 0.5) is 0 Å². The van der Waals surface area contributed by atoms with Crippen molar-refractivity contribution >= 4 is 41.4 Å². The standard InChI is InChI=1S/C23H44N4O9.C22H41NO5/c1-3-21(30)26-8-10-33-12-15-36-18-23(32)27-9-11-34-13-14-35-17-22(31)25-7-5-4-6-19(24-2)20(29)16-28;1-2-19(22(27)28)23-20(24)17-15-13-11-9-7-5-3-4-6-8-10-12-14-16-18-21(25)26/h19,24,28H,3-18H2,1-2H3,(H,25,31)(H,26,30)(H,27,32);19H,2-18H2,1H3,(H,23,24)(H,25,26)(H,27,28)/t2*19-/m00/s1. The van der Waals surface area contributed by atoms with Crippen LogP contribution in [-0.2, 0) is 52.5 Å². The van der Waals surface area contributed by atoms with E-state index in [4.69, 9.17) is 34.3 Å². The molecule has 0 saturated carbocycles. The monoisotopic (exact) mass is 920 g/mol. The van der Waals surface area contributed by atoms with Gasteiger partial charge in [-0.1, -0.05) is 90.9 Å². The maximum absolute atomic E-state index is 11.7. The van der Waals surface area contributed by atoms with Crippen molar-refractivity contribution in [2.45, 2.75) is 161 Å². The largest absolute Gasteiger partial charge is 0.481 e. The summed E-state index contributed by atoms with van der Waals surface area (Å²) < 4.78 is 21.0. The number of carboxylic acids is 2. The van der Waals surface area contributed by atoms with Crippen LogP contribution in [0.1, 0.15) is 149 Å². The molecule has 0 saturated heterocycles. The molecule has 4 amide bonds. The number of likely N-dealkylation sites (N-methyl/N-ethyl adjacent to an activating group) is 1. The predicted octanol–water partition coefficient (Wildman–Crippen LogP) is 3.42. The molecule has 0 aromatic carbocycles. The molecule has 0 unspecified atom stereocenters. The number of aliphatic carboxylic acids is 2. The molecule has 0 heterocycles. The Bertz CT molecular complexity index is 1210. The number of aliphatic hydroxyl groups excluding tert-OH is 1. The van der Waals surface area contributed by atoms with E-state index in [1.807, 2.05) is 0 Å². The average Bonchev–Trinajstić information content (AvgIpc) is 3.27. The van der Waals surface area contributed by atoms with Crippen LogP contribution in [0, 0.1) is 0 Å². The number of carbonyl (C=O) groups excluding carboxylic acids is 5. The summed E-state index contributed by atoms with van der Waals surface area (Å²) in [6, 6.07) is -1.12. The number of amides is 4. The van der Waals surface area contributed by atoms with Crippen LogP contribution in [-0.4, -0.2) is 155 Å². The van der Waals surface area contributed by atoms with E-state index in [0.29, 0.717) is 78.2 Å². The fourth-order valence-electron chi connectivity index (χ4n) is 6.09. The number of carbonyl (C=O) groups is 7. The Labute approximate surface area is 382 Å². The van der Waals surface area contributed by atoms with Gasteiger partial charge in [0.25, 0.3) is 0 Å². The molecule has 2 atom stereocenters. The van der Waals surface area contributed by atoms with Crippen LogP contribution in [0.15, 0.2) is 0 Å². The molecule has 374 valence electrons. The normalized spacial score (nSPS) is 11.8. The van der Waals surface area contributed by atoms with E-state index in [1.165, 1.54) is 51.4 Å². The Hall–Kier alpha value is -3.75. The molecule has 19 heteroatoms. The Balaban J connectivity index is 0. The van der Waals surface area contributed by atoms with Gasteiger partial charge in [-0.05, 0) is 45.6 Å². The fraction of sp³-hybridized carbons (Fsp3) is 0.844. The van der Waals surface area contributed by atoms with Crippen molar-refractivity contribution in [2.24, 2.45) is 0 Å². The minimum absolute atomic E-state index is 0.0238. The highest BCUT2D eigenvalue weighted by atomic mass is 16.5. The summed E-state index contributed by atoms with van der Waals surface area (Å²) in [5, 5.41) is 39.8. The molecule has 0 rings (SSSR count). The molecule has 0 aliphatic heterocycles. The third-order valence-corrected chi connectivity index (χ3v) is 9.89. The van der Waals surface area contributed by atoms with Gasteiger partial charge in [0.15, 0.2) is 5.78 Å². The SMILES string of the molecule is CCC(=O)NCCOCCOCC(=O)NCCOCCOCC(=O)NCCCC[C@H](NC)C(=O)CO.CC[C@H](NC(=O)CCCCCCCCCCCCCCCCC(=O)O)C(=O)O. The molecule has 0 aliphatic rings. The van der Waals surface area contributed by atoms with Gasteiger partial charge in [-0.15, -0.1) is 0 Å². The van der Waals surface area contributed by atoms with Crippen molar-refractivity contribution in [2.75, 3.05) is 86.1 Å². The maximum atomic E-state index is 11.7. The molecule has 0 fully saturated rings. The first kappa shape index (κ1) is 62.3. The molecule has 64 heavy (non-hydrogen) atoms. The van der Waals surface area contributed by atoms with Crippen LogP contribution in [0.25, 0.3) is 0 Å². The molecule has 0 aromatic rings. The van der Waals surface area contributed by atoms with Gasteiger partial charge in [0, 0.05) is 38.9 Å². The van der Waals surface area contributed by atoms with Crippen LogP contribution >= 0.6 is 0 Å². The van der Waals surface area contributed by atoms with Crippen molar-refractivity contribution in [3.8, 4) is 0 Å². The van der Waals surface area contributed by atoms with Crippen molar-refractivity contribution < 1.29 is 67.8 Å². The highest BCUT2D eigenvalue weighted by Crippen LogP contribution is 2.14. The van der Waals surface area contributed by atoms with Crippen LogP contribution in [0.5, 0.6) is 0 Å². The van der Waals surface area contributed by atoms with E-state index < -0.39 is 24.6 Å². The van der Waals surface area contributed by atoms with Crippen molar-refractivity contribution in [1.29, 1.82) is 0 Å². The number of hydrogen-bond acceptors (Lipinski definition) is 13. The average molecular weight is 920 g/mol. The number of carboxylic acid groups (broad SMARTS) is 2. The highest BCUT2D eigenvalue weighted by molar-refractivity contribution is 5.85. The Morgan fingerprint density at radius 2 is 0.922 bits per heavy atom. The minimum Gasteiger partial charge on any atom is -0.481 e. The van der Waals surface area contributed by atoms with Crippen LogP contribution in [0.3, 0.4) is 0 Å². The number of nitrogens with one attached hydrogen (secondary N) is 5. The van der Waals surface area contributed by atoms with Crippen molar-refractivity contribution in [3.63, 3.8) is 0 Å². The molecule has 0 aliphatic carbocycles. The van der Waals surface area contributed by atoms with Gasteiger partial charge < -0.3 is 60.9 Å². The molecule has 0 aromatic heterocycles. The fourth-order valence-corrected chi connectivity index (χ4v) is 6.09. The van der Waals surface area contributed by atoms with Crippen molar-refractivity contribution in [1.82, 2.24) is 26.6 Å². The van der Waals surface area contributed by atoms with Crippen LogP contribution in [0.2, 0.25) is 0 Å². The maximum Gasteiger partial charge on any atom is 0.326 e. The number of ketones is 1. The zero-order valence-electron chi connectivity index (χ0n) is 39.3. The van der Waals surface area contributed by atoms with Gasteiger partial charge in [-0.25, -0.2) is 4.79 Å². The molecule has 19 nitrogen and oxygen atoms in total. The van der Waals surface area contributed by atoms with E-state index in [-0.39, 0.29) is 61.9 Å². The lowest BCUT2D eigenvalue weighted by molar-refractivity contribution is -0.142. The second-order valence-electron chi connectivity index (χ2n) is 15.4. The third kappa shape index (κ3) is 44.8. The number of rotatable bonds is 45. The molecular weight excluding hydrogens is 835 g/mol. The summed E-state index contributed by atoms with van der Waals surface area (Å²) >= 11 is 0. The quantitative estimate of drug-likeness (QED) is 0.0407. The summed E-state index contributed by atoms with van der Waals surface area (Å²) in [5.74, 6) is -2.56. The zero-order valence-corrected chi connectivity index (χ0v) is 39.3. The minimum atomic E-state index is -0.966. The summed E-state index contributed by atoms with van der Waals surface area (Å²) in [5.41, 5.74) is 0. The summed E-state index contributed by atoms with van der Waals surface area (Å²) in [6.07, 6.45) is 19.7. The number of aliphatic hydroxyl groups is 1. The van der Waals surface area contributed by atoms with Crippen molar-refractivity contribution in [3.05, 3.63) is 0 Å². The molecule has 0 radical (unpaired) electrons. The topological polar surface area (TPSA) is 277 Å². The lowest BCUT2D eigenvalue weighted by atomic mass is 10.0. The van der Waals surface area contributed by atoms with Gasteiger partial charge in [-0.3, -0.25) is 28.8 Å². The van der Waals surface area contributed by atoms with Gasteiger partial charge in [-0.2, -0.15) is 0 Å². The van der Waals surface area contributed by atoms with E-state index >= 15 is 0 Å². The summed E-state index contributed by atoms with van der Waals surface area (Å²) in [7, 11) is 1.67. The first-order chi connectivity index (χ1) is 30.9. The van der Waals surface area contributed by atoms with E-state index in [0.717, 1.165) is 51.4 Å². The molecule has 0 bridgehead atoms. The molecular formula is C45H85N5O14. The van der Waals surface area contributed by atoms with E-state index in [1.54, 1.807) is 20.9 Å². The van der Waals surface area contributed by atoms with Gasteiger partial charge in [0.05, 0.1) is 45.7 Å². The third-order valence-electron chi connectivity index (χ3n) is 9.89. The van der Waals surface area contributed by atoms with Gasteiger partial charge in [0.2, 0.25) is 23.6 Å². The Morgan fingerprint density at radius 3 is 1.34 bits per heavy atom. The molecule has 0 spiro atoms. The highest BCUT2D eigenvalue weighted by Gasteiger charge is 2.17. The predicted molar refractivity (Wildman–Crippen MR) is 243 cm³/mol. The Morgan fingerprint density at radius 1 is 0.484 bits per heavy atom. The van der Waals surface area contributed by atoms with Gasteiger partial charge in [0.1, 0.15) is 25.9 Å². The lowest BCUT2D eigenvalue weighted by Gasteiger charge is -2.13. The number of ether oxygens (including phenoxy) is 4. The number of Topliss-reactive ketones (excluding diaryl/α,β-unsaturated/α-hetero) is 1. The second-order valence-corrected chi connectivity index (χ2v) is 15.4. The summed E-state index contributed by atoms with van der Waals surface area (Å²) in [6.45, 7) is 6.01. The Kier molecular flexibility index (Phi) is 46.0. The number of hydrogen-bond donors (Lipinski definition) is 8. The first-order valence-electron chi connectivity index (χ1n) is 23.6. The van der Waals surface area contributed by atoms with E-state index in [9.17, 15) is 33.6 Å². The van der Waals surface area contributed by atoms with Gasteiger partial charge >= 0.3 is 11.9 Å². The molecule has 8 N–H and O–H groups in total. The second kappa shape index (κ2) is 47.2. The van der Waals surface area contributed by atoms with Crippen LogP contribution < -0.4 is 26.6 Å².